The van der Waals surface area contributed by atoms with Crippen LogP contribution >= 0.6 is 11.6 Å². The van der Waals surface area contributed by atoms with E-state index < -0.39 is 0 Å². The minimum absolute atomic E-state index is 0.108. The van der Waals surface area contributed by atoms with E-state index in [-0.39, 0.29) is 16.6 Å². The smallest absolute Gasteiger partial charge is 0.287 e. The number of halogens is 1. The lowest BCUT2D eigenvalue weighted by molar-refractivity contribution is 0.408. The molecule has 3 rings (SSSR count). The van der Waals surface area contributed by atoms with Crippen LogP contribution in [0.3, 0.4) is 0 Å². The van der Waals surface area contributed by atoms with Crippen molar-refractivity contribution in [3.05, 3.63) is 86.8 Å². The van der Waals surface area contributed by atoms with Crippen molar-refractivity contribution in [1.82, 2.24) is 9.78 Å². The van der Waals surface area contributed by atoms with Gasteiger partial charge in [0.1, 0.15) is 10.8 Å². The van der Waals surface area contributed by atoms with Crippen LogP contribution in [0.1, 0.15) is 29.7 Å². The highest BCUT2D eigenvalue weighted by molar-refractivity contribution is 6.32. The number of anilines is 1. The van der Waals surface area contributed by atoms with Crippen LogP contribution in [0.15, 0.2) is 59.5 Å². The molecule has 0 spiro atoms. The fourth-order valence-corrected chi connectivity index (χ4v) is 3.14. The summed E-state index contributed by atoms with van der Waals surface area (Å²) < 4.78 is 6.81. The van der Waals surface area contributed by atoms with E-state index in [2.05, 4.69) is 16.5 Å². The molecular weight excluding hydrogens is 362 g/mol. The Morgan fingerprint density at radius 1 is 1.22 bits per heavy atom. The molecule has 6 heteroatoms. The molecule has 0 saturated heterocycles. The van der Waals surface area contributed by atoms with Gasteiger partial charge in [-0.2, -0.15) is 5.10 Å². The molecule has 0 saturated carbocycles. The monoisotopic (exact) mass is 383 g/mol. The number of rotatable bonds is 6. The number of benzene rings is 2. The summed E-state index contributed by atoms with van der Waals surface area (Å²) in [5.74, 6) is 0.780. The normalized spacial score (nSPS) is 11.9. The van der Waals surface area contributed by atoms with Gasteiger partial charge in [0.15, 0.2) is 0 Å². The third-order valence-corrected chi connectivity index (χ3v) is 4.75. The van der Waals surface area contributed by atoms with E-state index in [1.165, 1.54) is 4.68 Å². The summed E-state index contributed by atoms with van der Waals surface area (Å²) in [5.41, 5.74) is 3.28. The lowest BCUT2D eigenvalue weighted by atomic mass is 10.0. The molecule has 0 fully saturated rings. The molecule has 3 aromatic rings. The molecule has 0 aliphatic rings. The van der Waals surface area contributed by atoms with Crippen molar-refractivity contribution in [2.24, 2.45) is 0 Å². The van der Waals surface area contributed by atoms with E-state index in [0.29, 0.717) is 12.2 Å². The van der Waals surface area contributed by atoms with Crippen LogP contribution in [0.4, 0.5) is 5.69 Å². The maximum Gasteiger partial charge on any atom is 0.287 e. The first-order chi connectivity index (χ1) is 13.0. The quantitative estimate of drug-likeness (QED) is 0.683. The van der Waals surface area contributed by atoms with Crippen LogP contribution in [-0.2, 0) is 6.54 Å². The van der Waals surface area contributed by atoms with Gasteiger partial charge < -0.3 is 10.1 Å². The Morgan fingerprint density at radius 3 is 2.67 bits per heavy atom. The number of aryl methyl sites for hydroxylation is 1. The van der Waals surface area contributed by atoms with E-state index in [1.54, 1.807) is 13.3 Å². The third kappa shape index (κ3) is 4.31. The summed E-state index contributed by atoms with van der Waals surface area (Å²) in [6.45, 7) is 4.39. The molecule has 27 heavy (non-hydrogen) atoms. The second-order valence-electron chi connectivity index (χ2n) is 6.43. The van der Waals surface area contributed by atoms with Gasteiger partial charge in [-0.3, -0.25) is 4.79 Å². The van der Waals surface area contributed by atoms with Gasteiger partial charge >= 0.3 is 0 Å². The first kappa shape index (κ1) is 19.0. The molecule has 1 heterocycles. The Hall–Kier alpha value is -2.79. The number of ether oxygens (including phenoxy) is 1. The van der Waals surface area contributed by atoms with Crippen molar-refractivity contribution in [3.63, 3.8) is 0 Å². The van der Waals surface area contributed by atoms with Gasteiger partial charge in [-0.05, 0) is 25.5 Å². The molecule has 5 nitrogen and oxygen atoms in total. The van der Waals surface area contributed by atoms with Crippen molar-refractivity contribution >= 4 is 17.3 Å². The second-order valence-corrected chi connectivity index (χ2v) is 6.81. The highest BCUT2D eigenvalue weighted by Gasteiger charge is 2.16. The van der Waals surface area contributed by atoms with Gasteiger partial charge in [0, 0.05) is 5.56 Å². The van der Waals surface area contributed by atoms with E-state index in [9.17, 15) is 4.79 Å². The van der Waals surface area contributed by atoms with Gasteiger partial charge in [0.2, 0.25) is 0 Å². The maximum atomic E-state index is 12.6. The average Bonchev–Trinajstić information content (AvgIpc) is 2.68. The zero-order valence-electron chi connectivity index (χ0n) is 15.6. The summed E-state index contributed by atoms with van der Waals surface area (Å²) in [6.07, 6.45) is 1.59. The van der Waals surface area contributed by atoms with Crippen LogP contribution in [-0.4, -0.2) is 16.9 Å². The first-order valence-corrected chi connectivity index (χ1v) is 9.08. The molecule has 1 aromatic heterocycles. The highest BCUT2D eigenvalue weighted by Crippen LogP contribution is 2.30. The SMILES string of the molecule is COc1ccc(C)cc1[C@H](C)Nc1cnn(Cc2ccccc2)c(=O)c1Cl. The Morgan fingerprint density at radius 2 is 1.96 bits per heavy atom. The summed E-state index contributed by atoms with van der Waals surface area (Å²) in [6, 6.07) is 15.5. The zero-order chi connectivity index (χ0) is 19.4. The minimum atomic E-state index is -0.325. The number of hydrogen-bond donors (Lipinski definition) is 1. The molecule has 0 aliphatic heterocycles. The minimum Gasteiger partial charge on any atom is -0.496 e. The van der Waals surface area contributed by atoms with E-state index in [4.69, 9.17) is 16.3 Å². The molecule has 1 N–H and O–H groups in total. The fourth-order valence-electron chi connectivity index (χ4n) is 2.94. The van der Waals surface area contributed by atoms with E-state index in [1.807, 2.05) is 56.3 Å². The Balaban J connectivity index is 1.85. The van der Waals surface area contributed by atoms with Crippen LogP contribution in [0.5, 0.6) is 5.75 Å². The predicted molar refractivity (Wildman–Crippen MR) is 109 cm³/mol. The standard InChI is InChI=1S/C21H22ClN3O2/c1-14-9-10-19(27-3)17(11-14)15(2)24-18-12-23-25(21(26)20(18)22)13-16-7-5-4-6-8-16/h4-12,15,24H,13H2,1-3H3/t15-/m0/s1. The molecule has 1 atom stereocenters. The van der Waals surface area contributed by atoms with Crippen molar-refractivity contribution < 1.29 is 4.74 Å². The molecule has 0 aliphatic carbocycles. The summed E-state index contributed by atoms with van der Waals surface area (Å²) in [7, 11) is 1.64. The van der Waals surface area contributed by atoms with Gasteiger partial charge in [-0.15, -0.1) is 0 Å². The number of nitrogens with zero attached hydrogens (tertiary/aromatic N) is 2. The number of hydrogen-bond acceptors (Lipinski definition) is 4. The van der Waals surface area contributed by atoms with Crippen molar-refractivity contribution in [1.29, 1.82) is 0 Å². The largest absolute Gasteiger partial charge is 0.496 e. The van der Waals surface area contributed by atoms with Gasteiger partial charge in [0.05, 0.1) is 31.6 Å². The first-order valence-electron chi connectivity index (χ1n) is 8.70. The lowest BCUT2D eigenvalue weighted by Gasteiger charge is -2.19. The number of nitrogens with one attached hydrogen (secondary N) is 1. The molecule has 0 radical (unpaired) electrons. The Kier molecular flexibility index (Phi) is 5.81. The molecule has 0 bridgehead atoms. The lowest BCUT2D eigenvalue weighted by Crippen LogP contribution is -2.25. The average molecular weight is 384 g/mol. The Bertz CT molecular complexity index is 986. The van der Waals surface area contributed by atoms with Crippen LogP contribution in [0.25, 0.3) is 0 Å². The molecule has 140 valence electrons. The van der Waals surface area contributed by atoms with Crippen LogP contribution < -0.4 is 15.6 Å². The van der Waals surface area contributed by atoms with E-state index in [0.717, 1.165) is 22.4 Å². The highest BCUT2D eigenvalue weighted by atomic mass is 35.5. The second kappa shape index (κ2) is 8.27. The van der Waals surface area contributed by atoms with Crippen molar-refractivity contribution in [2.45, 2.75) is 26.4 Å². The van der Waals surface area contributed by atoms with Crippen LogP contribution in [0.2, 0.25) is 5.02 Å². The molecule has 0 amide bonds. The summed E-state index contributed by atoms with van der Waals surface area (Å²) in [4.78, 5) is 12.6. The molecule has 0 unspecified atom stereocenters. The van der Waals surface area contributed by atoms with Crippen molar-refractivity contribution in [2.75, 3.05) is 12.4 Å². The zero-order valence-corrected chi connectivity index (χ0v) is 16.3. The topological polar surface area (TPSA) is 56.1 Å². The third-order valence-electron chi connectivity index (χ3n) is 4.38. The van der Waals surface area contributed by atoms with E-state index >= 15 is 0 Å². The maximum absolute atomic E-state index is 12.6. The number of methoxy groups -OCH3 is 1. The molecular formula is C21H22ClN3O2. The van der Waals surface area contributed by atoms with Gasteiger partial charge in [-0.1, -0.05) is 59.6 Å². The summed E-state index contributed by atoms with van der Waals surface area (Å²) >= 11 is 6.33. The molecule has 2 aromatic carbocycles. The fraction of sp³-hybridized carbons (Fsp3) is 0.238. The Labute approximate surface area is 163 Å². The van der Waals surface area contributed by atoms with Gasteiger partial charge in [0.25, 0.3) is 5.56 Å². The summed E-state index contributed by atoms with van der Waals surface area (Å²) in [5, 5.41) is 7.66. The predicted octanol–water partition coefficient (Wildman–Crippen LogP) is 4.44. The van der Waals surface area contributed by atoms with Crippen LogP contribution in [0, 0.1) is 6.92 Å². The number of aromatic nitrogens is 2. The van der Waals surface area contributed by atoms with Gasteiger partial charge in [-0.25, -0.2) is 4.68 Å². The van der Waals surface area contributed by atoms with Crippen molar-refractivity contribution in [3.8, 4) is 5.75 Å².